The Morgan fingerprint density at radius 3 is 1.15 bits per heavy atom. The zero-order valence-electron chi connectivity index (χ0n) is 75.4. The zero-order chi connectivity index (χ0) is 99.0. The van der Waals surface area contributed by atoms with Gasteiger partial charge in [0.15, 0.2) is 40.8 Å². The van der Waals surface area contributed by atoms with Crippen molar-refractivity contribution >= 4 is 137 Å². The Hall–Kier alpha value is -15.1. The number of fused-ring (bicyclic) bond motifs is 5. The lowest BCUT2D eigenvalue weighted by Crippen LogP contribution is -2.55. The number of halogens is 12. The van der Waals surface area contributed by atoms with Gasteiger partial charge in [-0.1, -0.05) is 44.0 Å². The molecule has 0 aliphatic rings. The number of amides is 5. The van der Waals surface area contributed by atoms with Gasteiger partial charge in [0.05, 0.1) is 16.2 Å². The fraction of sp³-hybridized carbons (Fsp3) is 0.333. The molecular weight excluding hydrogens is 1830 g/mol. The number of alkyl halides is 9. The number of rotatable bonds is 27. The van der Waals surface area contributed by atoms with Gasteiger partial charge in [-0.15, -0.1) is 0 Å². The molecule has 0 spiro atoms. The Kier molecular flexibility index (Phi) is 31.7. The van der Waals surface area contributed by atoms with Crippen LogP contribution in [0.1, 0.15) is 109 Å². The molecule has 0 fully saturated rings. The largest absolute Gasteiger partial charge is 0.405 e. The minimum Gasteiger partial charge on any atom is -0.356 e. The van der Waals surface area contributed by atoms with Crippen molar-refractivity contribution < 1.29 is 80.7 Å². The molecule has 0 radical (unpaired) electrons. The predicted octanol–water partition coefficient (Wildman–Crippen LogP) is 17.2. The summed E-state index contributed by atoms with van der Waals surface area (Å²) >= 11 is 12.0. The van der Waals surface area contributed by atoms with E-state index in [1.165, 1.54) is 71.9 Å². The zero-order valence-corrected chi connectivity index (χ0v) is 76.9. The number of likely N-dealkylation sites (N-methyl/N-ethyl adjacent to an activating group) is 2. The molecule has 0 saturated carbocycles. The third-order valence-corrected chi connectivity index (χ3v) is 21.3. The number of carbonyl (C=O) groups is 5. The van der Waals surface area contributed by atoms with Crippen molar-refractivity contribution in [2.75, 3.05) is 66.4 Å². The molecule has 49 heteroatoms. The number of pyridine rings is 5. The number of hydrogen-bond donors (Lipinski definition) is 14. The summed E-state index contributed by atoms with van der Waals surface area (Å²) in [5.41, 5.74) is 1.03. The van der Waals surface area contributed by atoms with E-state index < -0.39 is 95.3 Å². The van der Waals surface area contributed by atoms with E-state index in [9.17, 15) is 67.9 Å². The summed E-state index contributed by atoms with van der Waals surface area (Å²) in [7, 11) is 1.81. The highest BCUT2D eigenvalue weighted by molar-refractivity contribution is 6.31. The van der Waals surface area contributed by atoms with Gasteiger partial charge < -0.3 is 77.7 Å². The molecule has 15 aromatic heterocycles. The maximum absolute atomic E-state index is 14.5. The molecule has 15 rings (SSSR count). The average molecular weight is 1950 g/mol. The summed E-state index contributed by atoms with van der Waals surface area (Å²) in [5.74, 6) is -1.18. The van der Waals surface area contributed by atoms with Crippen LogP contribution in [0.4, 0.5) is 73.3 Å². The summed E-state index contributed by atoms with van der Waals surface area (Å²) in [4.78, 5) is 150. The minimum atomic E-state index is -4.58. The van der Waals surface area contributed by atoms with Crippen molar-refractivity contribution in [3.05, 3.63) is 170 Å². The Morgan fingerprint density at radius 2 is 0.772 bits per heavy atom. The van der Waals surface area contributed by atoms with Crippen LogP contribution in [0, 0.1) is 11.7 Å². The third kappa shape index (κ3) is 25.9. The quantitative estimate of drug-likeness (QED) is 0.0213. The molecule has 0 unspecified atom stereocenters. The molecule has 0 bridgehead atoms. The van der Waals surface area contributed by atoms with Crippen LogP contribution in [0.2, 0.25) is 10.0 Å². The van der Waals surface area contributed by atoms with Crippen molar-refractivity contribution in [1.82, 2.24) is 136 Å². The van der Waals surface area contributed by atoms with Crippen molar-refractivity contribution in [3.63, 3.8) is 0 Å². The summed E-state index contributed by atoms with van der Waals surface area (Å²) in [6.45, 7) is 18.6. The van der Waals surface area contributed by atoms with E-state index in [0.29, 0.717) is 109 Å². The number of nitrogens with one attached hydrogen (secondary N) is 14. The number of aromatic nitrogens is 22. The fourth-order valence-corrected chi connectivity index (χ4v) is 13.2. The van der Waals surface area contributed by atoms with E-state index in [0.717, 1.165) is 44.8 Å². The molecule has 0 saturated heterocycles. The Balaban J connectivity index is 0.000000604. The van der Waals surface area contributed by atoms with Crippen LogP contribution >= 0.6 is 23.2 Å². The SMILES string of the molecule is CC(C)(Nc1ccnc(-c2c[nH]c3ncc(Cl)cc23)n1)C(=O)NCC(F)(F)F.CC(C)(Nc1ncnc(-c2c[nH]c3ncccc23)n1)C(=O)NCC(F)(F)F.CC(C)[C@](C)(Nc1nc(-c2c[nH]c3ncc(Cl)cc23)ncc1F)C(=O)NCC(F)(F)F.CCN(C)C(=O)[C@](C)(CC)Nc1ccnc(-c2c[nH]c3ncccc23)n1.CCNC(=O)C(C)(C)Nc1ncnc(-c2c[nH]c3ncccc23)n1.[HH].[HH].[HH].[HH].[HH].[HH].[HH].[HH].[HH]. The fourth-order valence-electron chi connectivity index (χ4n) is 12.9. The van der Waals surface area contributed by atoms with Crippen molar-refractivity contribution in [2.45, 2.75) is 143 Å². The number of aromatic amines is 5. The molecule has 0 aliphatic carbocycles. The van der Waals surface area contributed by atoms with Crippen molar-refractivity contribution in [3.8, 4) is 56.9 Å². The topological polar surface area (TPSA) is 495 Å². The molecule has 14 N–H and O–H groups in total. The first-order chi connectivity index (χ1) is 64.1. The van der Waals surface area contributed by atoms with Gasteiger partial charge in [0, 0.05) is 162 Å². The first kappa shape index (κ1) is 101. The first-order valence-corrected chi connectivity index (χ1v) is 42.5. The summed E-state index contributed by atoms with van der Waals surface area (Å²) in [6, 6.07) is 17.9. The van der Waals surface area contributed by atoms with E-state index >= 15 is 0 Å². The Morgan fingerprint density at radius 1 is 0.412 bits per heavy atom. The number of H-pyrrole nitrogens is 5. The molecule has 2 atom stereocenters. The van der Waals surface area contributed by atoms with E-state index in [2.05, 4.69) is 142 Å². The third-order valence-electron chi connectivity index (χ3n) is 20.8. The first-order valence-electron chi connectivity index (χ1n) is 41.7. The van der Waals surface area contributed by atoms with E-state index in [-0.39, 0.29) is 48.1 Å². The summed E-state index contributed by atoms with van der Waals surface area (Å²) in [5, 5.41) is 27.7. The van der Waals surface area contributed by atoms with Gasteiger partial charge in [0.1, 0.15) is 99.9 Å². The summed E-state index contributed by atoms with van der Waals surface area (Å²) in [6.07, 6.45) is 10.5. The van der Waals surface area contributed by atoms with Gasteiger partial charge in [-0.05, 0) is 142 Å². The second-order valence-electron chi connectivity index (χ2n) is 32.6. The normalized spacial score (nSPS) is 12.7. The smallest absolute Gasteiger partial charge is 0.356 e. The standard InChI is InChI=1S/C19H19ClF4N6O.C19H24N6O.C17H16ClF3N6O.C16H16F3N7O.C16H19N7O.9H2/c1-9(2)18(3,17(31)28-8-19(22,23)24)30-16-13(21)7-27-15(29-16)12-6-26-14-11(12)4-10(20)5-25-14;1-5-19(3,18(26)25(4)6-2)24-15-9-11-21-17(23-15)14-12-22-16-13(14)8-7-10-20-16;1-16(2,15(28)25-8-17(19,20)21)27-12-3-4-22-14(26-12)11-7-24-13-10(11)5-9(18)6-23-13;1-15(2,13(27)22-7-16(17,18)19)26-14-24-8-23-12(25-14)10-6-21-11-9(10)4-3-5-20-11;1-4-17-14(24)16(2,3)23-15-21-9-20-13(22-15)11-8-19-12-10(11)6-5-7-18-12;;;;;;;;;/h4-7,9H,8H2,1-3H3,(H,25,26)(H,28,31)(H,27,29,30);7-12H,5-6H2,1-4H3,(H,20,22)(H,21,23,24);3-7H,8H2,1-2H3,(H,23,24)(H,25,28)(H,22,26,27);3-6,8H,7H2,1-2H3,(H,20,21)(H,22,27)(H,23,24,25,26);5-9H,4H2,1-3H3,(H,17,24)(H,18,19)(H,20,21,22,23);9*1H/t18-;19-;;;;;;;;;;;;/m00............/s1. The van der Waals surface area contributed by atoms with Crippen LogP contribution in [0.15, 0.2) is 154 Å². The van der Waals surface area contributed by atoms with Crippen LogP contribution in [-0.2, 0) is 24.0 Å². The molecular formula is C87H112Cl2F10N32O5. The highest BCUT2D eigenvalue weighted by atomic mass is 35.5. The lowest BCUT2D eigenvalue weighted by molar-refractivity contribution is -0.141. The van der Waals surface area contributed by atoms with Gasteiger partial charge in [-0.25, -0.2) is 79.2 Å². The predicted molar refractivity (Wildman–Crippen MR) is 512 cm³/mol. The van der Waals surface area contributed by atoms with Crippen LogP contribution < -0.4 is 47.9 Å². The Bertz CT molecular complexity index is 6790. The Labute approximate surface area is 792 Å². The lowest BCUT2D eigenvalue weighted by atomic mass is 9.87. The monoisotopic (exact) mass is 1940 g/mol. The highest BCUT2D eigenvalue weighted by Gasteiger charge is 2.42. The van der Waals surface area contributed by atoms with Crippen LogP contribution in [-0.4, -0.2) is 230 Å². The number of carbonyl (C=O) groups excluding carboxylic acids is 5. The number of nitrogens with zero attached hydrogens (tertiary/aromatic N) is 18. The van der Waals surface area contributed by atoms with Gasteiger partial charge in [0.2, 0.25) is 41.4 Å². The van der Waals surface area contributed by atoms with E-state index in [4.69, 9.17) is 23.2 Å². The molecule has 0 aliphatic heterocycles. The molecule has 0 aromatic carbocycles. The maximum Gasteiger partial charge on any atom is 0.405 e. The molecule has 15 heterocycles. The van der Waals surface area contributed by atoms with Gasteiger partial charge in [0.25, 0.3) is 0 Å². The van der Waals surface area contributed by atoms with Gasteiger partial charge in [-0.3, -0.25) is 24.0 Å². The summed E-state index contributed by atoms with van der Waals surface area (Å²) < 4.78 is 126. The molecule has 136 heavy (non-hydrogen) atoms. The van der Waals surface area contributed by atoms with Gasteiger partial charge >= 0.3 is 18.5 Å². The van der Waals surface area contributed by atoms with Crippen molar-refractivity contribution in [1.29, 1.82) is 0 Å². The highest BCUT2D eigenvalue weighted by Crippen LogP contribution is 2.35. The minimum absolute atomic E-state index is 0. The lowest BCUT2D eigenvalue weighted by Gasteiger charge is -2.34. The van der Waals surface area contributed by atoms with Gasteiger partial charge in [-0.2, -0.15) is 49.5 Å². The molecule has 37 nitrogen and oxygen atoms in total. The second kappa shape index (κ2) is 42.4. The number of anilines is 5. The van der Waals surface area contributed by atoms with Crippen molar-refractivity contribution in [2.24, 2.45) is 5.92 Å². The van der Waals surface area contributed by atoms with E-state index in [1.807, 2.05) is 93.4 Å². The van der Waals surface area contributed by atoms with E-state index in [1.54, 1.807) is 100 Å². The molecule has 5 amide bonds. The van der Waals surface area contributed by atoms with Crippen LogP contribution in [0.25, 0.3) is 112 Å². The van der Waals surface area contributed by atoms with Crippen LogP contribution in [0.5, 0.6) is 0 Å². The second-order valence-corrected chi connectivity index (χ2v) is 33.5. The average Bonchev–Trinajstić information content (AvgIpc) is 1.71. The molecule has 734 valence electrons. The molecule has 15 aromatic rings. The maximum atomic E-state index is 14.5. The number of hydrogen-bond acceptors (Lipinski definition) is 27. The van der Waals surface area contributed by atoms with Crippen LogP contribution in [0.3, 0.4) is 0 Å².